The second-order valence-electron chi connectivity index (χ2n) is 5.83. The Kier molecular flexibility index (Phi) is 4.16. The molecule has 3 aromatic rings. The summed E-state index contributed by atoms with van der Waals surface area (Å²) in [5.74, 6) is -0.380. The van der Waals surface area contributed by atoms with Crippen molar-refractivity contribution in [2.45, 2.75) is 20.3 Å². The molecular weight excluding hydrogens is 304 g/mol. The van der Waals surface area contributed by atoms with Crippen LogP contribution in [0.4, 0.5) is 0 Å². The number of aryl methyl sites for hydroxylation is 2. The molecule has 0 unspecified atom stereocenters. The van der Waals surface area contributed by atoms with Gasteiger partial charge < -0.3 is 9.72 Å². The SMILES string of the molecule is COC(=O)c1ccc(Cc2nc3cc(C)c(C)cc3[nH]c2=O)cc1. The Labute approximate surface area is 139 Å². The Hall–Kier alpha value is -2.95. The van der Waals surface area contributed by atoms with Crippen LogP contribution in [0.25, 0.3) is 11.0 Å². The number of nitrogens with one attached hydrogen (secondary N) is 1. The van der Waals surface area contributed by atoms with Crippen molar-refractivity contribution in [3.63, 3.8) is 0 Å². The van der Waals surface area contributed by atoms with E-state index in [4.69, 9.17) is 0 Å². The average Bonchev–Trinajstić information content (AvgIpc) is 2.57. The molecule has 1 aromatic heterocycles. The lowest BCUT2D eigenvalue weighted by atomic mass is 10.1. The summed E-state index contributed by atoms with van der Waals surface area (Å²) in [5, 5.41) is 0. The number of carbonyl (C=O) groups is 1. The smallest absolute Gasteiger partial charge is 0.337 e. The lowest BCUT2D eigenvalue weighted by Gasteiger charge is -2.06. The number of methoxy groups -OCH3 is 1. The van der Waals surface area contributed by atoms with Gasteiger partial charge in [-0.2, -0.15) is 0 Å². The van der Waals surface area contributed by atoms with Crippen LogP contribution in [-0.4, -0.2) is 23.0 Å². The molecule has 0 bridgehead atoms. The fraction of sp³-hybridized carbons (Fsp3) is 0.211. The molecular formula is C19H18N2O3. The molecule has 1 N–H and O–H groups in total. The van der Waals surface area contributed by atoms with E-state index in [1.54, 1.807) is 24.3 Å². The van der Waals surface area contributed by atoms with Crippen molar-refractivity contribution in [3.8, 4) is 0 Å². The molecule has 5 nitrogen and oxygen atoms in total. The van der Waals surface area contributed by atoms with Crippen molar-refractivity contribution in [2.24, 2.45) is 0 Å². The number of hydrogen-bond acceptors (Lipinski definition) is 4. The summed E-state index contributed by atoms with van der Waals surface area (Å²) in [4.78, 5) is 31.1. The molecule has 0 aliphatic heterocycles. The molecule has 0 amide bonds. The minimum atomic E-state index is -0.380. The van der Waals surface area contributed by atoms with Crippen LogP contribution in [0.1, 0.15) is 32.7 Å². The minimum Gasteiger partial charge on any atom is -0.465 e. The highest BCUT2D eigenvalue weighted by molar-refractivity contribution is 5.89. The van der Waals surface area contributed by atoms with Gasteiger partial charge in [0.25, 0.3) is 5.56 Å². The molecule has 1 heterocycles. The summed E-state index contributed by atoms with van der Waals surface area (Å²) in [7, 11) is 1.35. The minimum absolute atomic E-state index is 0.192. The predicted octanol–water partition coefficient (Wildman–Crippen LogP) is 2.92. The van der Waals surface area contributed by atoms with Crippen molar-refractivity contribution in [1.82, 2.24) is 9.97 Å². The van der Waals surface area contributed by atoms with Gasteiger partial charge in [0, 0.05) is 6.42 Å². The standard InChI is InChI=1S/C19H18N2O3/c1-11-8-15-16(9-12(11)2)21-18(22)17(20-15)10-13-4-6-14(7-5-13)19(23)24-3/h4-9H,10H2,1-3H3,(H,21,22). The van der Waals surface area contributed by atoms with Gasteiger partial charge >= 0.3 is 5.97 Å². The summed E-state index contributed by atoms with van der Waals surface area (Å²) in [6.45, 7) is 4.02. The van der Waals surface area contributed by atoms with Crippen LogP contribution < -0.4 is 5.56 Å². The second kappa shape index (κ2) is 6.28. The molecule has 0 aliphatic rings. The maximum atomic E-state index is 12.3. The maximum absolute atomic E-state index is 12.3. The first-order valence-corrected chi connectivity index (χ1v) is 7.65. The lowest BCUT2D eigenvalue weighted by molar-refractivity contribution is 0.0600. The number of aromatic nitrogens is 2. The Balaban J connectivity index is 1.95. The third-order valence-electron chi connectivity index (χ3n) is 4.12. The van der Waals surface area contributed by atoms with E-state index in [1.165, 1.54) is 7.11 Å². The molecule has 0 fully saturated rings. The van der Waals surface area contributed by atoms with Crippen LogP contribution in [0.2, 0.25) is 0 Å². The number of ether oxygens (including phenoxy) is 1. The van der Waals surface area contributed by atoms with Gasteiger partial charge in [-0.15, -0.1) is 0 Å². The van der Waals surface area contributed by atoms with Crippen molar-refractivity contribution in [3.05, 3.63) is 74.7 Å². The number of esters is 1. The van der Waals surface area contributed by atoms with Crippen LogP contribution in [0.5, 0.6) is 0 Å². The summed E-state index contributed by atoms with van der Waals surface area (Å²) >= 11 is 0. The van der Waals surface area contributed by atoms with E-state index >= 15 is 0 Å². The van der Waals surface area contributed by atoms with Gasteiger partial charge in [0.1, 0.15) is 5.69 Å². The third kappa shape index (κ3) is 3.06. The Morgan fingerprint density at radius 2 is 1.79 bits per heavy atom. The Morgan fingerprint density at radius 3 is 2.46 bits per heavy atom. The molecule has 0 atom stereocenters. The topological polar surface area (TPSA) is 72.0 Å². The number of benzene rings is 2. The zero-order chi connectivity index (χ0) is 17.3. The quantitative estimate of drug-likeness (QED) is 0.753. The number of carbonyl (C=O) groups excluding carboxylic acids is 1. The number of hydrogen-bond donors (Lipinski definition) is 1. The van der Waals surface area contributed by atoms with E-state index in [9.17, 15) is 9.59 Å². The van der Waals surface area contributed by atoms with Crippen LogP contribution in [0.3, 0.4) is 0 Å². The Bertz CT molecular complexity index is 972. The molecule has 24 heavy (non-hydrogen) atoms. The van der Waals surface area contributed by atoms with E-state index in [0.29, 0.717) is 17.7 Å². The van der Waals surface area contributed by atoms with Gasteiger partial charge in [-0.25, -0.2) is 9.78 Å². The Morgan fingerprint density at radius 1 is 1.12 bits per heavy atom. The third-order valence-corrected chi connectivity index (χ3v) is 4.12. The molecule has 0 saturated carbocycles. The second-order valence-corrected chi connectivity index (χ2v) is 5.83. The monoisotopic (exact) mass is 322 g/mol. The largest absolute Gasteiger partial charge is 0.465 e. The number of rotatable bonds is 3. The van der Waals surface area contributed by atoms with E-state index in [0.717, 1.165) is 27.7 Å². The zero-order valence-electron chi connectivity index (χ0n) is 13.8. The fourth-order valence-electron chi connectivity index (χ4n) is 2.57. The first-order chi connectivity index (χ1) is 11.5. The average molecular weight is 322 g/mol. The van der Waals surface area contributed by atoms with Crippen LogP contribution >= 0.6 is 0 Å². The van der Waals surface area contributed by atoms with E-state index in [-0.39, 0.29) is 11.5 Å². The zero-order valence-corrected chi connectivity index (χ0v) is 13.8. The van der Waals surface area contributed by atoms with Gasteiger partial charge in [0.15, 0.2) is 0 Å². The van der Waals surface area contributed by atoms with Crippen LogP contribution in [0, 0.1) is 13.8 Å². The number of H-pyrrole nitrogens is 1. The van der Waals surface area contributed by atoms with Gasteiger partial charge in [0.2, 0.25) is 0 Å². The van der Waals surface area contributed by atoms with Crippen molar-refractivity contribution < 1.29 is 9.53 Å². The lowest BCUT2D eigenvalue weighted by Crippen LogP contribution is -2.15. The maximum Gasteiger partial charge on any atom is 0.337 e. The first-order valence-electron chi connectivity index (χ1n) is 7.65. The highest BCUT2D eigenvalue weighted by atomic mass is 16.5. The first kappa shape index (κ1) is 15.9. The van der Waals surface area contributed by atoms with Crippen molar-refractivity contribution in [1.29, 1.82) is 0 Å². The van der Waals surface area contributed by atoms with E-state index in [1.807, 2.05) is 26.0 Å². The van der Waals surface area contributed by atoms with Crippen LogP contribution in [0.15, 0.2) is 41.2 Å². The molecule has 0 spiro atoms. The van der Waals surface area contributed by atoms with Gasteiger partial charge in [-0.1, -0.05) is 12.1 Å². The summed E-state index contributed by atoms with van der Waals surface area (Å²) in [6, 6.07) is 10.9. The number of nitrogens with zero attached hydrogens (tertiary/aromatic N) is 1. The van der Waals surface area contributed by atoms with Crippen molar-refractivity contribution >= 4 is 17.0 Å². The number of aromatic amines is 1. The van der Waals surface area contributed by atoms with Gasteiger partial charge in [-0.3, -0.25) is 4.79 Å². The van der Waals surface area contributed by atoms with Crippen LogP contribution in [-0.2, 0) is 11.2 Å². The fourth-order valence-corrected chi connectivity index (χ4v) is 2.57. The van der Waals surface area contributed by atoms with Gasteiger partial charge in [-0.05, 0) is 54.8 Å². The summed E-state index contributed by atoms with van der Waals surface area (Å²) < 4.78 is 4.68. The molecule has 5 heteroatoms. The summed E-state index contributed by atoms with van der Waals surface area (Å²) in [5.41, 5.74) is 5.42. The normalized spacial score (nSPS) is 10.8. The molecule has 3 rings (SSSR count). The molecule has 0 aliphatic carbocycles. The molecule has 2 aromatic carbocycles. The highest BCUT2D eigenvalue weighted by Gasteiger charge is 2.09. The van der Waals surface area contributed by atoms with Gasteiger partial charge in [0.05, 0.1) is 23.7 Å². The highest BCUT2D eigenvalue weighted by Crippen LogP contribution is 2.16. The number of fused-ring (bicyclic) bond motifs is 1. The van der Waals surface area contributed by atoms with E-state index < -0.39 is 0 Å². The molecule has 0 radical (unpaired) electrons. The molecule has 0 saturated heterocycles. The summed E-state index contributed by atoms with van der Waals surface area (Å²) in [6.07, 6.45) is 0.402. The van der Waals surface area contributed by atoms with E-state index in [2.05, 4.69) is 14.7 Å². The molecule has 122 valence electrons. The predicted molar refractivity (Wildman–Crippen MR) is 92.4 cm³/mol. The van der Waals surface area contributed by atoms with Crippen molar-refractivity contribution in [2.75, 3.05) is 7.11 Å².